The van der Waals surface area contributed by atoms with Crippen LogP contribution in [0.2, 0.25) is 0 Å². The van der Waals surface area contributed by atoms with E-state index < -0.39 is 12.1 Å². The van der Waals surface area contributed by atoms with Crippen LogP contribution in [-0.4, -0.2) is 33.9 Å². The van der Waals surface area contributed by atoms with Crippen LogP contribution in [0.3, 0.4) is 0 Å². The third-order valence-corrected chi connectivity index (χ3v) is 7.02. The van der Waals surface area contributed by atoms with Crippen LogP contribution in [0, 0.1) is 5.41 Å². The SMILES string of the molecule is CCOC(=O)c1nccn1-c1ccc(NC(=O)C(Oc2cccc3sc(C(=N)N)cc23)c2ccccc2)cc1. The second-order valence-electron chi connectivity index (χ2n) is 8.48. The van der Waals surface area contributed by atoms with Crippen LogP contribution in [-0.2, 0) is 9.53 Å². The number of nitrogens with two attached hydrogens (primary N) is 1. The molecular weight excluding hydrogens is 514 g/mol. The van der Waals surface area contributed by atoms with Crippen LogP contribution in [0.25, 0.3) is 15.8 Å². The Morgan fingerprint density at radius 1 is 1.08 bits per heavy atom. The Bertz CT molecular complexity index is 1640. The van der Waals surface area contributed by atoms with Crippen molar-refractivity contribution in [1.29, 1.82) is 5.41 Å². The Hall–Kier alpha value is -4.96. The Kier molecular flexibility index (Phi) is 7.37. The lowest BCUT2D eigenvalue weighted by atomic mass is 10.1. The number of amidine groups is 1. The minimum absolute atomic E-state index is 0.0204. The predicted molar refractivity (Wildman–Crippen MR) is 151 cm³/mol. The molecule has 10 heteroatoms. The topological polar surface area (TPSA) is 132 Å². The molecule has 2 heterocycles. The van der Waals surface area contributed by atoms with Gasteiger partial charge in [0, 0.05) is 39.4 Å². The van der Waals surface area contributed by atoms with Gasteiger partial charge in [-0.2, -0.15) is 0 Å². The van der Waals surface area contributed by atoms with E-state index in [-0.39, 0.29) is 24.2 Å². The third kappa shape index (κ3) is 5.51. The molecule has 9 nitrogen and oxygen atoms in total. The number of nitrogens with zero attached hydrogens (tertiary/aromatic N) is 2. The molecule has 1 unspecified atom stereocenters. The van der Waals surface area contributed by atoms with Gasteiger partial charge in [0.15, 0.2) is 0 Å². The molecule has 39 heavy (non-hydrogen) atoms. The zero-order chi connectivity index (χ0) is 27.4. The summed E-state index contributed by atoms with van der Waals surface area (Å²) in [6.07, 6.45) is 2.25. The van der Waals surface area contributed by atoms with Gasteiger partial charge in [-0.05, 0) is 49.4 Å². The van der Waals surface area contributed by atoms with E-state index in [1.807, 2.05) is 42.5 Å². The fourth-order valence-electron chi connectivity index (χ4n) is 4.07. The van der Waals surface area contributed by atoms with Crippen LogP contribution >= 0.6 is 11.3 Å². The molecule has 0 saturated heterocycles. The predicted octanol–water partition coefficient (Wildman–Crippen LogP) is 5.31. The van der Waals surface area contributed by atoms with Gasteiger partial charge < -0.3 is 20.5 Å². The zero-order valence-corrected chi connectivity index (χ0v) is 21.8. The van der Waals surface area contributed by atoms with E-state index in [1.54, 1.807) is 54.1 Å². The highest BCUT2D eigenvalue weighted by molar-refractivity contribution is 7.20. The Labute approximate surface area is 228 Å². The molecule has 0 aliphatic carbocycles. The number of hydrogen-bond acceptors (Lipinski definition) is 7. The highest BCUT2D eigenvalue weighted by Crippen LogP contribution is 2.35. The first-order valence-electron chi connectivity index (χ1n) is 12.1. The Balaban J connectivity index is 1.40. The van der Waals surface area contributed by atoms with Crippen molar-refractivity contribution >= 4 is 44.8 Å². The molecule has 4 N–H and O–H groups in total. The van der Waals surface area contributed by atoms with Crippen LogP contribution in [0.5, 0.6) is 5.75 Å². The Morgan fingerprint density at radius 3 is 2.56 bits per heavy atom. The summed E-state index contributed by atoms with van der Waals surface area (Å²) in [7, 11) is 0. The van der Waals surface area contributed by atoms with E-state index in [1.165, 1.54) is 17.5 Å². The normalized spacial score (nSPS) is 11.6. The van der Waals surface area contributed by atoms with Gasteiger partial charge >= 0.3 is 5.97 Å². The summed E-state index contributed by atoms with van der Waals surface area (Å²) in [5.41, 5.74) is 7.62. The van der Waals surface area contributed by atoms with Crippen molar-refractivity contribution in [2.75, 3.05) is 11.9 Å². The fourth-order valence-corrected chi connectivity index (χ4v) is 5.01. The number of nitrogens with one attached hydrogen (secondary N) is 2. The van der Waals surface area contributed by atoms with Crippen molar-refractivity contribution in [3.05, 3.63) is 108 Å². The van der Waals surface area contributed by atoms with Crippen molar-refractivity contribution in [1.82, 2.24) is 9.55 Å². The molecule has 5 rings (SSSR count). The summed E-state index contributed by atoms with van der Waals surface area (Å²) in [5, 5.41) is 11.5. The van der Waals surface area contributed by atoms with Crippen LogP contribution < -0.4 is 15.8 Å². The molecular formula is C29H25N5O4S. The lowest BCUT2D eigenvalue weighted by Gasteiger charge is -2.20. The molecule has 0 aliphatic heterocycles. The highest BCUT2D eigenvalue weighted by atomic mass is 32.1. The summed E-state index contributed by atoms with van der Waals surface area (Å²) in [6, 6.07) is 23.6. The van der Waals surface area contributed by atoms with Crippen LogP contribution in [0.15, 0.2) is 91.3 Å². The number of carbonyl (C=O) groups is 2. The maximum atomic E-state index is 13.5. The number of ether oxygens (including phenoxy) is 2. The zero-order valence-electron chi connectivity index (χ0n) is 21.0. The van der Waals surface area contributed by atoms with Crippen molar-refractivity contribution in [2.24, 2.45) is 5.73 Å². The standard InChI is InChI=1S/C29H25N5O4S/c1-2-37-29(36)27-32-15-16-34(27)20-13-11-19(12-14-20)33-28(35)25(18-7-4-3-5-8-18)38-22-9-6-10-23-21(22)17-24(39-23)26(30)31/h3-17,25H,2H2,1H3,(H3,30,31)(H,33,35). The minimum Gasteiger partial charge on any atom is -0.475 e. The van der Waals surface area contributed by atoms with E-state index in [0.29, 0.717) is 27.6 Å². The number of benzene rings is 3. The maximum absolute atomic E-state index is 13.5. The molecule has 196 valence electrons. The first kappa shape index (κ1) is 25.7. The van der Waals surface area contributed by atoms with Gasteiger partial charge in [0.25, 0.3) is 5.91 Å². The lowest BCUT2D eigenvalue weighted by Crippen LogP contribution is -2.25. The van der Waals surface area contributed by atoms with Gasteiger partial charge in [-0.3, -0.25) is 14.8 Å². The summed E-state index contributed by atoms with van der Waals surface area (Å²) in [5.74, 6) is -0.210. The van der Waals surface area contributed by atoms with E-state index >= 15 is 0 Å². The third-order valence-electron chi connectivity index (χ3n) is 5.88. The summed E-state index contributed by atoms with van der Waals surface area (Å²) in [6.45, 7) is 1.99. The molecule has 0 radical (unpaired) electrons. The van der Waals surface area contributed by atoms with Crippen molar-refractivity contribution < 1.29 is 19.1 Å². The number of esters is 1. The highest BCUT2D eigenvalue weighted by Gasteiger charge is 2.24. The van der Waals surface area contributed by atoms with Crippen molar-refractivity contribution in [3.8, 4) is 11.4 Å². The minimum atomic E-state index is -0.943. The summed E-state index contributed by atoms with van der Waals surface area (Å²) >= 11 is 1.39. The van der Waals surface area contributed by atoms with Gasteiger partial charge in [-0.15, -0.1) is 11.3 Å². The summed E-state index contributed by atoms with van der Waals surface area (Å²) < 4.78 is 13.9. The van der Waals surface area contributed by atoms with E-state index in [0.717, 1.165) is 10.1 Å². The number of thiophene rings is 1. The number of carbonyl (C=O) groups excluding carboxylic acids is 2. The molecule has 0 fully saturated rings. The van der Waals surface area contributed by atoms with Crippen molar-refractivity contribution in [3.63, 3.8) is 0 Å². The number of rotatable bonds is 9. The van der Waals surface area contributed by atoms with E-state index in [2.05, 4.69) is 10.3 Å². The quantitative estimate of drug-likeness (QED) is 0.132. The number of fused-ring (bicyclic) bond motifs is 1. The number of amides is 1. The molecule has 5 aromatic rings. The van der Waals surface area contributed by atoms with Crippen molar-refractivity contribution in [2.45, 2.75) is 13.0 Å². The average Bonchev–Trinajstić information content (AvgIpc) is 3.61. The number of anilines is 1. The van der Waals surface area contributed by atoms with Crippen LogP contribution in [0.4, 0.5) is 5.69 Å². The molecule has 2 aromatic heterocycles. The van der Waals surface area contributed by atoms with Crippen LogP contribution in [0.1, 0.15) is 34.1 Å². The first-order valence-corrected chi connectivity index (χ1v) is 13.0. The molecule has 1 amide bonds. The monoisotopic (exact) mass is 539 g/mol. The molecule has 0 bridgehead atoms. The largest absolute Gasteiger partial charge is 0.475 e. The Morgan fingerprint density at radius 2 is 1.85 bits per heavy atom. The van der Waals surface area contributed by atoms with Gasteiger partial charge in [-0.1, -0.05) is 36.4 Å². The number of aromatic nitrogens is 2. The second-order valence-corrected chi connectivity index (χ2v) is 9.56. The maximum Gasteiger partial charge on any atom is 0.374 e. The number of imidazole rings is 1. The fraction of sp³-hybridized carbons (Fsp3) is 0.103. The number of nitrogen functional groups attached to an aromatic ring is 1. The average molecular weight is 540 g/mol. The van der Waals surface area contributed by atoms with Gasteiger partial charge in [-0.25, -0.2) is 9.78 Å². The van der Waals surface area contributed by atoms with E-state index in [9.17, 15) is 9.59 Å². The molecule has 1 atom stereocenters. The summed E-state index contributed by atoms with van der Waals surface area (Å²) in [4.78, 5) is 30.5. The van der Waals surface area contributed by atoms with E-state index in [4.69, 9.17) is 20.6 Å². The van der Waals surface area contributed by atoms with Gasteiger partial charge in [0.05, 0.1) is 11.5 Å². The number of hydrogen-bond donors (Lipinski definition) is 3. The molecule has 3 aromatic carbocycles. The smallest absolute Gasteiger partial charge is 0.374 e. The second kappa shape index (κ2) is 11.2. The molecule has 0 spiro atoms. The molecule has 0 saturated carbocycles. The van der Waals surface area contributed by atoms with Gasteiger partial charge in [0.1, 0.15) is 11.6 Å². The lowest BCUT2D eigenvalue weighted by molar-refractivity contribution is -0.123. The molecule has 0 aliphatic rings. The van der Waals surface area contributed by atoms with Gasteiger partial charge in [0.2, 0.25) is 11.9 Å². The first-order chi connectivity index (χ1) is 18.9.